The van der Waals surface area contributed by atoms with Crippen LogP contribution in [0.4, 0.5) is 0 Å². The van der Waals surface area contributed by atoms with E-state index in [-0.39, 0.29) is 29.6 Å². The van der Waals surface area contributed by atoms with Crippen molar-refractivity contribution in [1.29, 1.82) is 0 Å². The Hall–Kier alpha value is -0.0600. The first kappa shape index (κ1) is 22.2. The molecule has 0 fully saturated rings. The van der Waals surface area contributed by atoms with Crippen LogP contribution < -0.4 is 34.7 Å². The summed E-state index contributed by atoms with van der Waals surface area (Å²) < 4.78 is 4.77. The fraction of sp³-hybridized carbons (Fsp3) is 0.867. The van der Waals surface area contributed by atoms with Gasteiger partial charge in [-0.15, -0.1) is 0 Å². The molecule has 0 heterocycles. The summed E-state index contributed by atoms with van der Waals surface area (Å²) in [6, 6.07) is 0. The van der Waals surface area contributed by atoms with Gasteiger partial charge in [0.15, 0.2) is 0 Å². The number of unbranched alkanes of at least 4 members (excludes halogenated alkanes) is 9. The van der Waals surface area contributed by atoms with Crippen molar-refractivity contribution in [2.45, 2.75) is 77.6 Å². The molecule has 0 rings (SSSR count). The Morgan fingerprint density at radius 1 is 0.850 bits per heavy atom. The standard InChI is InChI=1S/C15H28O4.Na/c1-2-3-4-5-6-7-8-9-10-11-12-19-15(18)13-14(16)17;/h2-13H2,1H3,(H,16,17);/q;+1/p-1. The van der Waals surface area contributed by atoms with Gasteiger partial charge in [0.2, 0.25) is 0 Å². The molecule has 0 aromatic carbocycles. The fourth-order valence-corrected chi connectivity index (χ4v) is 1.94. The molecule has 0 saturated heterocycles. The first-order chi connectivity index (χ1) is 9.16. The van der Waals surface area contributed by atoms with Gasteiger partial charge in [0, 0.05) is 0 Å². The molecular formula is C15H27NaO4. The average molecular weight is 294 g/mol. The van der Waals surface area contributed by atoms with Crippen molar-refractivity contribution in [2.75, 3.05) is 6.61 Å². The van der Waals surface area contributed by atoms with Crippen LogP contribution in [0.5, 0.6) is 0 Å². The monoisotopic (exact) mass is 294 g/mol. The van der Waals surface area contributed by atoms with Gasteiger partial charge in [-0.3, -0.25) is 4.79 Å². The first-order valence-electron chi connectivity index (χ1n) is 7.52. The summed E-state index contributed by atoms with van der Waals surface area (Å²) in [4.78, 5) is 21.0. The predicted molar refractivity (Wildman–Crippen MR) is 72.4 cm³/mol. The average Bonchev–Trinajstić information content (AvgIpc) is 2.35. The van der Waals surface area contributed by atoms with Gasteiger partial charge in [-0.25, -0.2) is 0 Å². The predicted octanol–water partition coefficient (Wildman–Crippen LogP) is -0.405. The van der Waals surface area contributed by atoms with Gasteiger partial charge in [-0.2, -0.15) is 0 Å². The maximum Gasteiger partial charge on any atom is 1.00 e. The van der Waals surface area contributed by atoms with Crippen LogP contribution in [0.1, 0.15) is 77.6 Å². The molecule has 0 aromatic rings. The molecule has 0 saturated carbocycles. The van der Waals surface area contributed by atoms with Crippen LogP contribution in [-0.2, 0) is 14.3 Å². The molecule has 0 N–H and O–H groups in total. The summed E-state index contributed by atoms with van der Waals surface area (Å²) in [7, 11) is 0. The molecule has 4 nitrogen and oxygen atoms in total. The number of hydrogen-bond acceptors (Lipinski definition) is 4. The number of carbonyl (C=O) groups is 2. The van der Waals surface area contributed by atoms with E-state index < -0.39 is 18.4 Å². The molecule has 0 amide bonds. The Bertz CT molecular complexity index is 244. The third-order valence-electron chi connectivity index (χ3n) is 3.05. The summed E-state index contributed by atoms with van der Waals surface area (Å²) in [5.74, 6) is -2.08. The third-order valence-corrected chi connectivity index (χ3v) is 3.05. The number of carboxylic acids is 1. The number of hydrogen-bond donors (Lipinski definition) is 0. The molecule has 20 heavy (non-hydrogen) atoms. The van der Waals surface area contributed by atoms with Gasteiger partial charge >= 0.3 is 35.5 Å². The van der Waals surface area contributed by atoms with Gasteiger partial charge in [0.05, 0.1) is 19.0 Å². The van der Waals surface area contributed by atoms with Gasteiger partial charge in [0.1, 0.15) is 0 Å². The summed E-state index contributed by atoms with van der Waals surface area (Å²) in [5.41, 5.74) is 0. The molecule has 0 atom stereocenters. The van der Waals surface area contributed by atoms with Gasteiger partial charge < -0.3 is 14.6 Å². The number of carboxylic acid groups (broad SMARTS) is 1. The minimum absolute atomic E-state index is 0. The van der Waals surface area contributed by atoms with Crippen molar-refractivity contribution >= 4 is 11.9 Å². The van der Waals surface area contributed by atoms with Gasteiger partial charge in [0.25, 0.3) is 0 Å². The number of carbonyl (C=O) groups excluding carboxylic acids is 2. The molecule has 0 aliphatic carbocycles. The van der Waals surface area contributed by atoms with Crippen molar-refractivity contribution in [1.82, 2.24) is 0 Å². The molecular weight excluding hydrogens is 267 g/mol. The fourth-order valence-electron chi connectivity index (χ4n) is 1.94. The van der Waals surface area contributed by atoms with Crippen molar-refractivity contribution in [2.24, 2.45) is 0 Å². The molecule has 5 heteroatoms. The maximum absolute atomic E-state index is 10.9. The summed E-state index contributed by atoms with van der Waals surface area (Å²) in [6.45, 7) is 2.54. The van der Waals surface area contributed by atoms with Crippen LogP contribution >= 0.6 is 0 Å². The van der Waals surface area contributed by atoms with Crippen molar-refractivity contribution in [3.63, 3.8) is 0 Å². The minimum atomic E-state index is -1.38. The Morgan fingerprint density at radius 2 is 1.30 bits per heavy atom. The van der Waals surface area contributed by atoms with E-state index in [9.17, 15) is 14.7 Å². The van der Waals surface area contributed by atoms with Crippen LogP contribution in [0, 0.1) is 0 Å². The number of aliphatic carboxylic acids is 1. The Morgan fingerprint density at radius 3 is 1.75 bits per heavy atom. The summed E-state index contributed by atoms with van der Waals surface area (Å²) in [5, 5.41) is 10.1. The zero-order valence-corrected chi connectivity index (χ0v) is 15.1. The summed E-state index contributed by atoms with van der Waals surface area (Å²) in [6.07, 6.45) is 11.5. The largest absolute Gasteiger partial charge is 1.00 e. The third kappa shape index (κ3) is 17.9. The minimum Gasteiger partial charge on any atom is -0.550 e. The Kier molecular flexibility index (Phi) is 18.9. The van der Waals surface area contributed by atoms with E-state index >= 15 is 0 Å². The topological polar surface area (TPSA) is 66.4 Å². The number of ether oxygens (including phenoxy) is 1. The normalized spacial score (nSPS) is 9.85. The van der Waals surface area contributed by atoms with Crippen molar-refractivity contribution < 1.29 is 49.0 Å². The van der Waals surface area contributed by atoms with E-state index in [0.29, 0.717) is 6.61 Å². The molecule has 0 spiro atoms. The van der Waals surface area contributed by atoms with E-state index in [1.807, 2.05) is 0 Å². The summed E-state index contributed by atoms with van der Waals surface area (Å²) >= 11 is 0. The van der Waals surface area contributed by atoms with E-state index in [0.717, 1.165) is 19.3 Å². The van der Waals surface area contributed by atoms with Gasteiger partial charge in [-0.05, 0) is 6.42 Å². The van der Waals surface area contributed by atoms with E-state index in [1.165, 1.54) is 44.9 Å². The maximum atomic E-state index is 10.9. The first-order valence-corrected chi connectivity index (χ1v) is 7.52. The van der Waals surface area contributed by atoms with Crippen molar-refractivity contribution in [3.05, 3.63) is 0 Å². The van der Waals surface area contributed by atoms with Crippen molar-refractivity contribution in [3.8, 4) is 0 Å². The van der Waals surface area contributed by atoms with Crippen LogP contribution in [0.3, 0.4) is 0 Å². The Balaban J connectivity index is 0. The quantitative estimate of drug-likeness (QED) is 0.200. The van der Waals surface area contributed by atoms with E-state index in [1.54, 1.807) is 0 Å². The smallest absolute Gasteiger partial charge is 0.550 e. The van der Waals surface area contributed by atoms with Crippen LogP contribution in [0.2, 0.25) is 0 Å². The molecule has 0 aromatic heterocycles. The van der Waals surface area contributed by atoms with E-state index in [2.05, 4.69) is 6.92 Å². The van der Waals surface area contributed by atoms with E-state index in [4.69, 9.17) is 4.74 Å². The second-order valence-corrected chi connectivity index (χ2v) is 4.95. The van der Waals surface area contributed by atoms with Crippen LogP contribution in [0.15, 0.2) is 0 Å². The molecule has 0 radical (unpaired) electrons. The molecule has 0 unspecified atom stereocenters. The molecule has 0 bridgehead atoms. The molecule has 0 aliphatic heterocycles. The Labute approximate surface area is 144 Å². The molecule has 112 valence electrons. The second kappa shape index (κ2) is 17.0. The number of esters is 1. The zero-order chi connectivity index (χ0) is 14.3. The van der Waals surface area contributed by atoms with Gasteiger partial charge in [-0.1, -0.05) is 64.7 Å². The van der Waals surface area contributed by atoms with Crippen LogP contribution in [0.25, 0.3) is 0 Å². The molecule has 0 aliphatic rings. The second-order valence-electron chi connectivity index (χ2n) is 4.95. The number of rotatable bonds is 13. The zero-order valence-electron chi connectivity index (χ0n) is 13.1. The van der Waals surface area contributed by atoms with Crippen LogP contribution in [-0.4, -0.2) is 18.5 Å². The SMILES string of the molecule is CCCCCCCCCCCCOC(=O)CC(=O)[O-].[Na+].